The lowest BCUT2D eigenvalue weighted by atomic mass is 10.0. The summed E-state index contributed by atoms with van der Waals surface area (Å²) in [7, 11) is 0. The Morgan fingerprint density at radius 1 is 1.25 bits per heavy atom. The molecular weight excluding hydrogens is 300 g/mol. The average molecular weight is 326 g/mol. The highest BCUT2D eigenvalue weighted by atomic mass is 16.5. The van der Waals surface area contributed by atoms with E-state index in [1.807, 2.05) is 19.1 Å². The van der Waals surface area contributed by atoms with Gasteiger partial charge in [0.1, 0.15) is 5.82 Å². The second kappa shape index (κ2) is 7.62. The van der Waals surface area contributed by atoms with Crippen LogP contribution < -0.4 is 10.6 Å². The van der Waals surface area contributed by atoms with E-state index in [-0.39, 0.29) is 0 Å². The van der Waals surface area contributed by atoms with Crippen molar-refractivity contribution in [1.29, 1.82) is 0 Å². The summed E-state index contributed by atoms with van der Waals surface area (Å²) in [5.74, 6) is 1.90. The Labute approximate surface area is 143 Å². The van der Waals surface area contributed by atoms with Gasteiger partial charge in [-0.05, 0) is 37.3 Å². The van der Waals surface area contributed by atoms with Crippen LogP contribution in [0.1, 0.15) is 43.9 Å². The maximum atomic E-state index is 5.65. The lowest BCUT2D eigenvalue weighted by molar-refractivity contribution is 0.120. The number of para-hydroxylation sites is 1. The van der Waals surface area contributed by atoms with E-state index in [1.54, 1.807) is 0 Å². The van der Waals surface area contributed by atoms with E-state index in [2.05, 4.69) is 52.6 Å². The van der Waals surface area contributed by atoms with Crippen molar-refractivity contribution in [3.63, 3.8) is 0 Å². The molecule has 1 aliphatic heterocycles. The highest BCUT2D eigenvalue weighted by Gasteiger charge is 2.15. The number of anilines is 3. The molecule has 0 amide bonds. The topological polar surface area (TPSA) is 59.1 Å². The molecule has 5 heteroatoms. The van der Waals surface area contributed by atoms with E-state index in [0.29, 0.717) is 18.0 Å². The van der Waals surface area contributed by atoms with Crippen molar-refractivity contribution < 1.29 is 4.74 Å². The van der Waals surface area contributed by atoms with E-state index in [9.17, 15) is 0 Å². The summed E-state index contributed by atoms with van der Waals surface area (Å²) in [6.45, 7) is 8.02. The molecule has 0 bridgehead atoms. The predicted octanol–water partition coefficient (Wildman–Crippen LogP) is 4.24. The van der Waals surface area contributed by atoms with E-state index >= 15 is 0 Å². The smallest absolute Gasteiger partial charge is 0.229 e. The quantitative estimate of drug-likeness (QED) is 0.831. The van der Waals surface area contributed by atoms with Crippen LogP contribution >= 0.6 is 0 Å². The van der Waals surface area contributed by atoms with E-state index in [0.717, 1.165) is 43.2 Å². The molecule has 128 valence electrons. The molecule has 3 rings (SSSR count). The van der Waals surface area contributed by atoms with Crippen LogP contribution in [-0.4, -0.2) is 29.2 Å². The standard InChI is InChI=1S/C19H26N4O/c1-13(2)16-8-4-5-9-17(16)22-19-21-14(3)11-18(23-19)20-12-15-7-6-10-24-15/h4-5,8-9,11,13,15H,6-7,10,12H2,1-3H3,(H2,20,21,22,23). The normalized spacial score (nSPS) is 17.2. The molecule has 0 aliphatic carbocycles. The lowest BCUT2D eigenvalue weighted by Crippen LogP contribution is -2.19. The molecular formula is C19H26N4O. The second-order valence-electron chi connectivity index (χ2n) is 6.60. The zero-order valence-corrected chi connectivity index (χ0v) is 14.7. The number of benzene rings is 1. The van der Waals surface area contributed by atoms with Crippen LogP contribution in [0.5, 0.6) is 0 Å². The molecule has 0 saturated carbocycles. The second-order valence-corrected chi connectivity index (χ2v) is 6.60. The number of rotatable bonds is 6. The maximum absolute atomic E-state index is 5.65. The Bertz CT molecular complexity index is 681. The third-order valence-electron chi connectivity index (χ3n) is 4.22. The van der Waals surface area contributed by atoms with Crippen LogP contribution in [-0.2, 0) is 4.74 Å². The van der Waals surface area contributed by atoms with Gasteiger partial charge in [0.05, 0.1) is 6.10 Å². The first-order valence-corrected chi connectivity index (χ1v) is 8.69. The Kier molecular flexibility index (Phi) is 5.30. The minimum atomic E-state index is 0.290. The van der Waals surface area contributed by atoms with Crippen LogP contribution in [0.3, 0.4) is 0 Å². The first-order valence-electron chi connectivity index (χ1n) is 8.69. The zero-order valence-electron chi connectivity index (χ0n) is 14.7. The van der Waals surface area contributed by atoms with Gasteiger partial charge in [-0.1, -0.05) is 32.0 Å². The SMILES string of the molecule is Cc1cc(NCC2CCCO2)nc(Nc2ccccc2C(C)C)n1. The van der Waals surface area contributed by atoms with Gasteiger partial charge in [-0.15, -0.1) is 0 Å². The summed E-state index contributed by atoms with van der Waals surface area (Å²) >= 11 is 0. The molecule has 1 saturated heterocycles. The molecule has 1 aliphatic rings. The number of nitrogens with one attached hydrogen (secondary N) is 2. The summed E-state index contributed by atoms with van der Waals surface area (Å²) < 4.78 is 5.65. The third kappa shape index (κ3) is 4.23. The van der Waals surface area contributed by atoms with Crippen LogP contribution in [0.2, 0.25) is 0 Å². The fraction of sp³-hybridized carbons (Fsp3) is 0.474. The molecule has 2 N–H and O–H groups in total. The highest BCUT2D eigenvalue weighted by Crippen LogP contribution is 2.26. The molecule has 5 nitrogen and oxygen atoms in total. The van der Waals surface area contributed by atoms with Gasteiger partial charge >= 0.3 is 0 Å². The molecule has 0 radical (unpaired) electrons. The van der Waals surface area contributed by atoms with Crippen molar-refractivity contribution in [2.24, 2.45) is 0 Å². The number of hydrogen-bond donors (Lipinski definition) is 2. The van der Waals surface area contributed by atoms with Gasteiger partial charge in [0.15, 0.2) is 0 Å². The maximum Gasteiger partial charge on any atom is 0.229 e. The summed E-state index contributed by atoms with van der Waals surface area (Å²) in [6, 6.07) is 10.3. The van der Waals surface area contributed by atoms with Crippen molar-refractivity contribution in [1.82, 2.24) is 9.97 Å². The Balaban J connectivity index is 1.74. The van der Waals surface area contributed by atoms with Gasteiger partial charge in [0.2, 0.25) is 5.95 Å². The number of ether oxygens (including phenoxy) is 1. The predicted molar refractivity (Wildman–Crippen MR) is 98.0 cm³/mol. The van der Waals surface area contributed by atoms with Gasteiger partial charge in [0.25, 0.3) is 0 Å². The molecule has 1 aromatic heterocycles. The Morgan fingerprint density at radius 3 is 2.83 bits per heavy atom. The van der Waals surface area contributed by atoms with Gasteiger partial charge in [-0.3, -0.25) is 0 Å². The molecule has 1 fully saturated rings. The number of aryl methyl sites for hydroxylation is 1. The highest BCUT2D eigenvalue weighted by molar-refractivity contribution is 5.60. The summed E-state index contributed by atoms with van der Waals surface area (Å²) in [5.41, 5.74) is 3.25. The fourth-order valence-electron chi connectivity index (χ4n) is 2.97. The number of hydrogen-bond acceptors (Lipinski definition) is 5. The largest absolute Gasteiger partial charge is 0.376 e. The monoisotopic (exact) mass is 326 g/mol. The van der Waals surface area contributed by atoms with Crippen molar-refractivity contribution in [2.45, 2.75) is 45.6 Å². The van der Waals surface area contributed by atoms with E-state index < -0.39 is 0 Å². The molecule has 24 heavy (non-hydrogen) atoms. The molecule has 1 unspecified atom stereocenters. The molecule has 1 aromatic carbocycles. The number of aromatic nitrogens is 2. The van der Waals surface area contributed by atoms with Gasteiger partial charge in [-0.25, -0.2) is 4.98 Å². The van der Waals surface area contributed by atoms with E-state index in [1.165, 1.54) is 5.56 Å². The Morgan fingerprint density at radius 2 is 2.08 bits per heavy atom. The average Bonchev–Trinajstić information content (AvgIpc) is 3.06. The van der Waals surface area contributed by atoms with Crippen molar-refractivity contribution in [2.75, 3.05) is 23.8 Å². The van der Waals surface area contributed by atoms with Crippen molar-refractivity contribution in [3.8, 4) is 0 Å². The first kappa shape index (κ1) is 16.7. The van der Waals surface area contributed by atoms with Crippen LogP contribution in [0, 0.1) is 6.92 Å². The summed E-state index contributed by atoms with van der Waals surface area (Å²) in [6.07, 6.45) is 2.55. The zero-order chi connectivity index (χ0) is 16.9. The van der Waals surface area contributed by atoms with Crippen LogP contribution in [0.4, 0.5) is 17.5 Å². The van der Waals surface area contributed by atoms with E-state index in [4.69, 9.17) is 4.74 Å². The van der Waals surface area contributed by atoms with Gasteiger partial charge < -0.3 is 15.4 Å². The molecule has 2 heterocycles. The van der Waals surface area contributed by atoms with Gasteiger partial charge in [0, 0.05) is 30.6 Å². The van der Waals surface area contributed by atoms with Crippen molar-refractivity contribution in [3.05, 3.63) is 41.6 Å². The van der Waals surface area contributed by atoms with Crippen LogP contribution in [0.15, 0.2) is 30.3 Å². The lowest BCUT2D eigenvalue weighted by Gasteiger charge is -2.15. The minimum Gasteiger partial charge on any atom is -0.376 e. The molecule has 0 spiro atoms. The summed E-state index contributed by atoms with van der Waals surface area (Å²) in [5, 5.41) is 6.74. The fourth-order valence-corrected chi connectivity index (χ4v) is 2.97. The summed E-state index contributed by atoms with van der Waals surface area (Å²) in [4.78, 5) is 9.12. The van der Waals surface area contributed by atoms with Crippen molar-refractivity contribution >= 4 is 17.5 Å². The van der Waals surface area contributed by atoms with Crippen LogP contribution in [0.25, 0.3) is 0 Å². The Hall–Kier alpha value is -2.14. The van der Waals surface area contributed by atoms with Gasteiger partial charge in [-0.2, -0.15) is 4.98 Å². The first-order chi connectivity index (χ1) is 11.6. The number of nitrogens with zero attached hydrogens (tertiary/aromatic N) is 2. The molecule has 1 atom stereocenters. The third-order valence-corrected chi connectivity index (χ3v) is 4.22. The minimum absolute atomic E-state index is 0.290. The molecule has 2 aromatic rings.